The predicted octanol–water partition coefficient (Wildman–Crippen LogP) is 5.16. The van der Waals surface area contributed by atoms with E-state index >= 15 is 0 Å². The number of benzene rings is 1. The fourth-order valence-corrected chi connectivity index (χ4v) is 3.18. The molecule has 1 aromatic carbocycles. The summed E-state index contributed by atoms with van der Waals surface area (Å²) in [7, 11) is 0. The summed E-state index contributed by atoms with van der Waals surface area (Å²) >= 11 is 0. The van der Waals surface area contributed by atoms with Gasteiger partial charge >= 0.3 is 6.18 Å². The van der Waals surface area contributed by atoms with E-state index < -0.39 is 17.3 Å². The van der Waals surface area contributed by atoms with Crippen LogP contribution in [0.1, 0.15) is 44.7 Å². The molecule has 0 aliphatic rings. The Bertz CT molecular complexity index is 972. The van der Waals surface area contributed by atoms with E-state index in [1.54, 1.807) is 10.7 Å². The van der Waals surface area contributed by atoms with Gasteiger partial charge in [-0.15, -0.1) is 0 Å². The molecule has 2 heterocycles. The van der Waals surface area contributed by atoms with Crippen molar-refractivity contribution >= 4 is 10.9 Å². The van der Waals surface area contributed by atoms with Gasteiger partial charge < -0.3 is 4.98 Å². The molecular weight excluding hydrogens is 343 g/mol. The molecule has 0 aliphatic carbocycles. The molecular formula is C19H20F3N3O. The second kappa shape index (κ2) is 6.97. The number of halogens is 3. The molecule has 0 aliphatic heterocycles. The van der Waals surface area contributed by atoms with Crippen molar-refractivity contribution in [3.63, 3.8) is 0 Å². The number of nitrogens with one attached hydrogen (secondary N) is 1. The average molecular weight is 363 g/mol. The first kappa shape index (κ1) is 18.2. The highest BCUT2D eigenvalue weighted by Gasteiger charge is 2.35. The standard InChI is InChI=1S/C19H20F3N3O/c1-3-4-7-12(2)25-15-10-11-23-18(26)16(15)17(24-25)13-8-5-6-9-14(13)19(20,21)22/h5-6,8-12H,3-4,7H2,1-2H3,(H,23,26). The van der Waals surface area contributed by atoms with Crippen LogP contribution in [0.4, 0.5) is 13.2 Å². The smallest absolute Gasteiger partial charge is 0.328 e. The Labute approximate surface area is 148 Å². The number of hydrogen-bond donors (Lipinski definition) is 1. The molecule has 138 valence electrons. The fourth-order valence-electron chi connectivity index (χ4n) is 3.18. The van der Waals surface area contributed by atoms with Crippen molar-refractivity contribution in [3.05, 3.63) is 52.4 Å². The quantitative estimate of drug-likeness (QED) is 0.680. The summed E-state index contributed by atoms with van der Waals surface area (Å²) in [5, 5.41) is 4.63. The summed E-state index contributed by atoms with van der Waals surface area (Å²) in [6.07, 6.45) is -0.217. The van der Waals surface area contributed by atoms with Gasteiger partial charge in [0.05, 0.1) is 16.5 Å². The molecule has 1 N–H and O–H groups in total. The number of aromatic nitrogens is 3. The number of alkyl halides is 3. The number of rotatable bonds is 5. The number of aromatic amines is 1. The fraction of sp³-hybridized carbons (Fsp3) is 0.368. The molecule has 3 aromatic rings. The van der Waals surface area contributed by atoms with Crippen molar-refractivity contribution in [2.75, 3.05) is 0 Å². The third kappa shape index (κ3) is 3.25. The zero-order chi connectivity index (χ0) is 18.9. The molecule has 0 radical (unpaired) electrons. The first-order chi connectivity index (χ1) is 12.3. The van der Waals surface area contributed by atoms with E-state index in [-0.39, 0.29) is 22.7 Å². The maximum atomic E-state index is 13.4. The second-order valence-electron chi connectivity index (χ2n) is 6.39. The van der Waals surface area contributed by atoms with Gasteiger partial charge in [-0.1, -0.05) is 38.0 Å². The normalized spacial score (nSPS) is 13.3. The van der Waals surface area contributed by atoms with Crippen molar-refractivity contribution in [1.82, 2.24) is 14.8 Å². The van der Waals surface area contributed by atoms with Crippen molar-refractivity contribution < 1.29 is 13.2 Å². The Balaban J connectivity index is 2.27. The lowest BCUT2D eigenvalue weighted by Gasteiger charge is -2.13. The molecule has 0 spiro atoms. The van der Waals surface area contributed by atoms with E-state index in [1.165, 1.54) is 24.4 Å². The molecule has 26 heavy (non-hydrogen) atoms. The minimum absolute atomic E-state index is 0.0222. The Kier molecular flexibility index (Phi) is 4.89. The van der Waals surface area contributed by atoms with Crippen molar-refractivity contribution in [3.8, 4) is 11.3 Å². The van der Waals surface area contributed by atoms with Gasteiger partial charge in [0.25, 0.3) is 5.56 Å². The average Bonchev–Trinajstić information content (AvgIpc) is 3.00. The van der Waals surface area contributed by atoms with Gasteiger partial charge in [0.2, 0.25) is 0 Å². The van der Waals surface area contributed by atoms with Gasteiger partial charge in [-0.3, -0.25) is 9.48 Å². The molecule has 7 heteroatoms. The highest BCUT2D eigenvalue weighted by molar-refractivity contribution is 5.93. The summed E-state index contributed by atoms with van der Waals surface area (Å²) in [5.41, 5.74) is -0.704. The summed E-state index contributed by atoms with van der Waals surface area (Å²) in [6, 6.07) is 6.89. The number of nitrogens with zero attached hydrogens (tertiary/aromatic N) is 2. The maximum Gasteiger partial charge on any atom is 0.417 e. The maximum absolute atomic E-state index is 13.4. The molecule has 0 bridgehead atoms. The van der Waals surface area contributed by atoms with Crippen LogP contribution in [0.5, 0.6) is 0 Å². The van der Waals surface area contributed by atoms with Crippen LogP contribution in [0.25, 0.3) is 22.2 Å². The number of H-pyrrole nitrogens is 1. The first-order valence-electron chi connectivity index (χ1n) is 8.61. The molecule has 1 atom stereocenters. The lowest BCUT2D eigenvalue weighted by Crippen LogP contribution is -2.09. The predicted molar refractivity (Wildman–Crippen MR) is 95.0 cm³/mol. The Hall–Kier alpha value is -2.57. The Morgan fingerprint density at radius 1 is 1.23 bits per heavy atom. The van der Waals surface area contributed by atoms with Crippen LogP contribution >= 0.6 is 0 Å². The van der Waals surface area contributed by atoms with Gasteiger partial charge in [0, 0.05) is 17.8 Å². The molecule has 0 amide bonds. The molecule has 0 saturated carbocycles. The molecule has 0 fully saturated rings. The summed E-state index contributed by atoms with van der Waals surface area (Å²) < 4.78 is 42.0. The van der Waals surface area contributed by atoms with E-state index in [0.717, 1.165) is 25.3 Å². The van der Waals surface area contributed by atoms with Crippen LogP contribution in [0.15, 0.2) is 41.3 Å². The van der Waals surface area contributed by atoms with Crippen molar-refractivity contribution in [2.45, 2.75) is 45.3 Å². The number of pyridine rings is 1. The second-order valence-corrected chi connectivity index (χ2v) is 6.39. The van der Waals surface area contributed by atoms with Crippen LogP contribution in [-0.2, 0) is 6.18 Å². The summed E-state index contributed by atoms with van der Waals surface area (Å²) in [4.78, 5) is 14.9. The highest BCUT2D eigenvalue weighted by atomic mass is 19.4. The van der Waals surface area contributed by atoms with Crippen LogP contribution in [0.3, 0.4) is 0 Å². The SMILES string of the molecule is CCCCC(C)n1nc(-c2ccccc2C(F)(F)F)c2c(=O)[nH]ccc21. The van der Waals surface area contributed by atoms with E-state index in [9.17, 15) is 18.0 Å². The lowest BCUT2D eigenvalue weighted by atomic mass is 10.0. The zero-order valence-corrected chi connectivity index (χ0v) is 14.6. The minimum Gasteiger partial charge on any atom is -0.328 e. The molecule has 3 rings (SSSR count). The third-order valence-corrected chi connectivity index (χ3v) is 4.51. The van der Waals surface area contributed by atoms with Crippen molar-refractivity contribution in [1.29, 1.82) is 0 Å². The molecule has 4 nitrogen and oxygen atoms in total. The van der Waals surface area contributed by atoms with E-state index in [0.29, 0.717) is 5.52 Å². The lowest BCUT2D eigenvalue weighted by molar-refractivity contribution is -0.137. The summed E-state index contributed by atoms with van der Waals surface area (Å²) in [6.45, 7) is 4.03. The molecule has 0 saturated heterocycles. The molecule has 1 unspecified atom stereocenters. The van der Waals surface area contributed by atoms with Gasteiger partial charge in [-0.25, -0.2) is 0 Å². The van der Waals surface area contributed by atoms with Crippen LogP contribution < -0.4 is 5.56 Å². The van der Waals surface area contributed by atoms with Crippen LogP contribution in [0.2, 0.25) is 0 Å². The minimum atomic E-state index is -4.53. The van der Waals surface area contributed by atoms with Gasteiger partial charge in [-0.2, -0.15) is 18.3 Å². The van der Waals surface area contributed by atoms with E-state index in [4.69, 9.17) is 0 Å². The largest absolute Gasteiger partial charge is 0.417 e. The van der Waals surface area contributed by atoms with Crippen LogP contribution in [0, 0.1) is 0 Å². The Morgan fingerprint density at radius 3 is 2.65 bits per heavy atom. The zero-order valence-electron chi connectivity index (χ0n) is 14.6. The molecule has 2 aromatic heterocycles. The van der Waals surface area contributed by atoms with Crippen LogP contribution in [-0.4, -0.2) is 14.8 Å². The Morgan fingerprint density at radius 2 is 1.96 bits per heavy atom. The van der Waals surface area contributed by atoms with Gasteiger partial charge in [0.1, 0.15) is 5.69 Å². The van der Waals surface area contributed by atoms with Crippen molar-refractivity contribution in [2.24, 2.45) is 0 Å². The summed E-state index contributed by atoms with van der Waals surface area (Å²) in [5.74, 6) is 0. The number of unbranched alkanes of at least 4 members (excludes halogenated alkanes) is 1. The van der Waals surface area contributed by atoms with Gasteiger partial charge in [-0.05, 0) is 25.5 Å². The topological polar surface area (TPSA) is 50.7 Å². The number of fused-ring (bicyclic) bond motifs is 1. The van der Waals surface area contributed by atoms with Gasteiger partial charge in [0.15, 0.2) is 0 Å². The first-order valence-corrected chi connectivity index (χ1v) is 8.61. The third-order valence-electron chi connectivity index (χ3n) is 4.51. The monoisotopic (exact) mass is 363 g/mol. The number of hydrogen-bond acceptors (Lipinski definition) is 2. The van der Waals surface area contributed by atoms with E-state index in [2.05, 4.69) is 17.0 Å². The van der Waals surface area contributed by atoms with E-state index in [1.807, 2.05) is 6.92 Å². The highest BCUT2D eigenvalue weighted by Crippen LogP contribution is 2.38.